The number of aromatic nitrogens is 1. The maximum absolute atomic E-state index is 17.1. The first-order chi connectivity index (χ1) is 17.3. The highest BCUT2D eigenvalue weighted by atomic mass is 19.2. The topological polar surface area (TPSA) is 94.9 Å². The standard InChI is InChI=1S/C28H37F2N3O4/c1-16-18(6-5-13-31-16)32-23(36)17-7-8-20-24(17,2)9-10-25(29)15-27(30)22(35)21(34)19(33(3)4)14-26(27)11-12-28(20,25)37-26/h5-7,13,19-22,34-35H,8-12,14-15H2,1-4H3,(H,32,36)/t19-,20?,21+,22-,24+,25?,26+,27?,28-/m0/s1. The van der Waals surface area contributed by atoms with Crippen molar-refractivity contribution in [2.45, 2.75) is 99.6 Å². The number of anilines is 1. The SMILES string of the molecule is Cc1ncccc1NC(=O)C1=CCC2[C@@]34CC[C@]5(C[C@H](N(C)C)[C@@H](O)[C@H](O)C5(F)CC3(F)CC[C@]12C)O4. The number of aryl methyl sites for hydroxylation is 1. The molecule has 3 unspecified atom stereocenters. The second-order valence-electron chi connectivity index (χ2n) is 12.6. The van der Waals surface area contributed by atoms with Crippen LogP contribution >= 0.6 is 0 Å². The molecule has 1 aromatic rings. The third kappa shape index (κ3) is 3.05. The van der Waals surface area contributed by atoms with Crippen LogP contribution in [0.25, 0.3) is 0 Å². The van der Waals surface area contributed by atoms with Crippen LogP contribution in [0.15, 0.2) is 30.0 Å². The number of rotatable bonds is 3. The van der Waals surface area contributed by atoms with Crippen molar-refractivity contribution in [1.29, 1.82) is 0 Å². The lowest BCUT2D eigenvalue weighted by atomic mass is 9.51. The van der Waals surface area contributed by atoms with Gasteiger partial charge in [0.25, 0.3) is 5.91 Å². The zero-order valence-corrected chi connectivity index (χ0v) is 21.9. The minimum atomic E-state index is -2.38. The number of hydrogen-bond acceptors (Lipinski definition) is 6. The van der Waals surface area contributed by atoms with E-state index in [9.17, 15) is 15.0 Å². The van der Waals surface area contributed by atoms with Crippen molar-refractivity contribution in [2.24, 2.45) is 11.3 Å². The molecule has 37 heavy (non-hydrogen) atoms. The number of aliphatic hydroxyl groups is 2. The second-order valence-corrected chi connectivity index (χ2v) is 12.6. The average Bonchev–Trinajstić information content (AvgIpc) is 3.39. The summed E-state index contributed by atoms with van der Waals surface area (Å²) in [6.07, 6.45) is 1.63. The van der Waals surface area contributed by atoms with Crippen molar-refractivity contribution in [1.82, 2.24) is 9.88 Å². The van der Waals surface area contributed by atoms with Crippen molar-refractivity contribution in [2.75, 3.05) is 19.4 Å². The Hall–Kier alpha value is -1.94. The highest BCUT2D eigenvalue weighted by Gasteiger charge is 2.82. The molecule has 2 aliphatic heterocycles. The minimum absolute atomic E-state index is 0.0260. The third-order valence-corrected chi connectivity index (χ3v) is 10.8. The van der Waals surface area contributed by atoms with Crippen LogP contribution in [0.2, 0.25) is 0 Å². The van der Waals surface area contributed by atoms with Gasteiger partial charge in [-0.3, -0.25) is 9.78 Å². The normalized spacial score (nSPS) is 48.2. The zero-order valence-electron chi connectivity index (χ0n) is 21.9. The summed E-state index contributed by atoms with van der Waals surface area (Å²) in [5, 5.41) is 24.8. The molecule has 9 heteroatoms. The van der Waals surface area contributed by atoms with Gasteiger partial charge in [-0.15, -0.1) is 0 Å². The van der Waals surface area contributed by atoms with E-state index in [0.29, 0.717) is 36.2 Å². The predicted molar refractivity (Wildman–Crippen MR) is 133 cm³/mol. The van der Waals surface area contributed by atoms with E-state index in [4.69, 9.17) is 4.74 Å². The Labute approximate surface area is 216 Å². The number of nitrogens with zero attached hydrogens (tertiary/aromatic N) is 2. The van der Waals surface area contributed by atoms with E-state index in [-0.39, 0.29) is 31.1 Å². The molecule has 3 aliphatic carbocycles. The molecule has 1 aromatic heterocycles. The monoisotopic (exact) mass is 517 g/mol. The maximum Gasteiger partial charge on any atom is 0.251 e. The molecule has 1 amide bonds. The molecule has 9 atom stereocenters. The van der Waals surface area contributed by atoms with Crippen molar-refractivity contribution < 1.29 is 28.5 Å². The van der Waals surface area contributed by atoms with Gasteiger partial charge in [-0.2, -0.15) is 0 Å². The van der Waals surface area contributed by atoms with E-state index in [1.54, 1.807) is 37.3 Å². The van der Waals surface area contributed by atoms with Gasteiger partial charge in [-0.1, -0.05) is 13.0 Å². The van der Waals surface area contributed by atoms with Crippen LogP contribution in [0, 0.1) is 18.3 Å². The molecule has 3 N–H and O–H groups in total. The Morgan fingerprint density at radius 3 is 2.68 bits per heavy atom. The Balaban J connectivity index is 1.35. The predicted octanol–water partition coefficient (Wildman–Crippen LogP) is 3.24. The van der Waals surface area contributed by atoms with Gasteiger partial charge in [0.1, 0.15) is 23.0 Å². The summed E-state index contributed by atoms with van der Waals surface area (Å²) in [5.41, 5.74) is -5.70. The molecule has 202 valence electrons. The van der Waals surface area contributed by atoms with Gasteiger partial charge in [-0.05, 0) is 71.7 Å². The molecule has 5 aliphatic rings. The first kappa shape index (κ1) is 25.3. The average molecular weight is 518 g/mol. The van der Waals surface area contributed by atoms with Gasteiger partial charge < -0.3 is 25.2 Å². The minimum Gasteiger partial charge on any atom is -0.389 e. The first-order valence-electron chi connectivity index (χ1n) is 13.4. The third-order valence-electron chi connectivity index (χ3n) is 10.8. The number of nitrogens with one attached hydrogen (secondary N) is 1. The van der Waals surface area contributed by atoms with Gasteiger partial charge >= 0.3 is 0 Å². The van der Waals surface area contributed by atoms with Crippen LogP contribution in [0.3, 0.4) is 0 Å². The zero-order chi connectivity index (χ0) is 26.6. The number of likely N-dealkylation sites (N-methyl/N-ethyl adjacent to an activating group) is 1. The van der Waals surface area contributed by atoms with Crippen LogP contribution in [0.1, 0.15) is 57.6 Å². The van der Waals surface area contributed by atoms with Crippen LogP contribution < -0.4 is 5.32 Å². The van der Waals surface area contributed by atoms with E-state index >= 15 is 8.78 Å². The van der Waals surface area contributed by atoms with Crippen molar-refractivity contribution in [3.8, 4) is 0 Å². The molecule has 2 bridgehead atoms. The van der Waals surface area contributed by atoms with E-state index in [2.05, 4.69) is 10.3 Å². The Morgan fingerprint density at radius 2 is 1.97 bits per heavy atom. The molecule has 3 heterocycles. The van der Waals surface area contributed by atoms with E-state index < -0.39 is 52.6 Å². The van der Waals surface area contributed by atoms with Crippen molar-refractivity contribution in [3.05, 3.63) is 35.7 Å². The molecule has 0 radical (unpaired) electrons. The molecule has 2 saturated carbocycles. The summed E-state index contributed by atoms with van der Waals surface area (Å²) < 4.78 is 40.7. The summed E-state index contributed by atoms with van der Waals surface area (Å²) in [6.45, 7) is 3.84. The summed E-state index contributed by atoms with van der Waals surface area (Å²) in [4.78, 5) is 19.5. The summed E-state index contributed by atoms with van der Waals surface area (Å²) in [6, 6.07) is 3.06. The fourth-order valence-corrected chi connectivity index (χ4v) is 8.68. The molecule has 7 nitrogen and oxygen atoms in total. The summed E-state index contributed by atoms with van der Waals surface area (Å²) in [5.74, 6) is -0.559. The molecular weight excluding hydrogens is 480 g/mol. The van der Waals surface area contributed by atoms with Crippen LogP contribution in [0.5, 0.6) is 0 Å². The van der Waals surface area contributed by atoms with Gasteiger partial charge in [0.2, 0.25) is 0 Å². The van der Waals surface area contributed by atoms with Gasteiger partial charge in [-0.25, -0.2) is 8.78 Å². The second kappa shape index (κ2) is 7.81. The first-order valence-corrected chi connectivity index (χ1v) is 13.4. The number of alkyl halides is 2. The van der Waals surface area contributed by atoms with Gasteiger partial charge in [0.15, 0.2) is 5.67 Å². The molecule has 6 rings (SSSR count). The molecule has 4 fully saturated rings. The largest absolute Gasteiger partial charge is 0.389 e. The number of fused-ring (bicyclic) bond motifs is 1. The van der Waals surface area contributed by atoms with E-state index in [1.165, 1.54) is 0 Å². The van der Waals surface area contributed by atoms with Gasteiger partial charge in [0, 0.05) is 35.6 Å². The lowest BCUT2D eigenvalue weighted by Crippen LogP contribution is -2.78. The smallest absolute Gasteiger partial charge is 0.251 e. The quantitative estimate of drug-likeness (QED) is 0.570. The molecule has 2 saturated heterocycles. The number of carbonyl (C=O) groups is 1. The fraction of sp³-hybridized carbons (Fsp3) is 0.714. The lowest BCUT2D eigenvalue weighted by Gasteiger charge is -2.65. The number of aliphatic hydroxyl groups excluding tert-OH is 2. The van der Waals surface area contributed by atoms with Crippen LogP contribution in [0.4, 0.5) is 14.5 Å². The highest BCUT2D eigenvalue weighted by molar-refractivity contribution is 6.05. The van der Waals surface area contributed by atoms with Crippen LogP contribution in [-0.4, -0.2) is 80.9 Å². The molecule has 0 aromatic carbocycles. The Kier molecular flexibility index (Phi) is 5.35. The highest BCUT2D eigenvalue weighted by Crippen LogP contribution is 2.73. The lowest BCUT2D eigenvalue weighted by molar-refractivity contribution is -0.347. The van der Waals surface area contributed by atoms with E-state index in [0.717, 1.165) is 0 Å². The Morgan fingerprint density at radius 1 is 1.22 bits per heavy atom. The van der Waals surface area contributed by atoms with Gasteiger partial charge in [0.05, 0.1) is 17.5 Å². The Bertz CT molecular complexity index is 1180. The fourth-order valence-electron chi connectivity index (χ4n) is 8.68. The number of ether oxygens (including phenoxy) is 1. The van der Waals surface area contributed by atoms with Crippen LogP contribution in [-0.2, 0) is 9.53 Å². The number of pyridine rings is 1. The number of hydrogen-bond donors (Lipinski definition) is 3. The maximum atomic E-state index is 17.1. The molecular formula is C28H37F2N3O4. The van der Waals surface area contributed by atoms with E-state index in [1.807, 2.05) is 19.9 Å². The molecule has 2 spiro atoms. The van der Waals surface area contributed by atoms with Crippen molar-refractivity contribution in [3.63, 3.8) is 0 Å². The number of allylic oxidation sites excluding steroid dienone is 1. The number of halogens is 2. The summed E-state index contributed by atoms with van der Waals surface area (Å²) in [7, 11) is 3.56. The number of carbonyl (C=O) groups excluding carboxylic acids is 1. The summed E-state index contributed by atoms with van der Waals surface area (Å²) >= 11 is 0. The van der Waals surface area contributed by atoms with Crippen molar-refractivity contribution >= 4 is 11.6 Å². The number of amides is 1.